The van der Waals surface area contributed by atoms with Crippen molar-refractivity contribution in [1.29, 1.82) is 0 Å². The summed E-state index contributed by atoms with van der Waals surface area (Å²) in [7, 11) is 0. The lowest BCUT2D eigenvalue weighted by Gasteiger charge is -2.24. The van der Waals surface area contributed by atoms with E-state index in [0.717, 1.165) is 12.8 Å². The van der Waals surface area contributed by atoms with Crippen LogP contribution in [0.3, 0.4) is 0 Å². The van der Waals surface area contributed by atoms with Crippen LogP contribution in [-0.4, -0.2) is 4.98 Å². The fraction of sp³-hybridized carbons (Fsp3) is 0.308. The normalized spacial score (nSPS) is 18.2. The third-order valence-electron chi connectivity index (χ3n) is 3.25. The number of nitrogens with one attached hydrogen (secondary N) is 1. The van der Waals surface area contributed by atoms with Gasteiger partial charge in [0.1, 0.15) is 11.0 Å². The molecular formula is C13H11Cl3N2S. The highest BCUT2D eigenvalue weighted by atomic mass is 35.5. The Morgan fingerprint density at radius 2 is 2.11 bits per heavy atom. The summed E-state index contributed by atoms with van der Waals surface area (Å²) >= 11 is 19.8. The van der Waals surface area contributed by atoms with Crippen molar-refractivity contribution in [3.8, 4) is 0 Å². The van der Waals surface area contributed by atoms with Crippen LogP contribution in [0.15, 0.2) is 17.5 Å². The molecule has 0 saturated heterocycles. The van der Waals surface area contributed by atoms with Gasteiger partial charge < -0.3 is 5.32 Å². The molecule has 1 aliphatic carbocycles. The van der Waals surface area contributed by atoms with Gasteiger partial charge in [-0.2, -0.15) is 0 Å². The first-order chi connectivity index (χ1) is 9.15. The summed E-state index contributed by atoms with van der Waals surface area (Å²) in [5.41, 5.74) is 1.35. The first-order valence-electron chi connectivity index (χ1n) is 5.99. The maximum absolute atomic E-state index is 6.16. The van der Waals surface area contributed by atoms with E-state index in [0.29, 0.717) is 15.9 Å². The Labute approximate surface area is 130 Å². The molecule has 19 heavy (non-hydrogen) atoms. The molecule has 0 radical (unpaired) electrons. The second-order valence-corrected chi connectivity index (χ2v) is 6.65. The van der Waals surface area contributed by atoms with E-state index in [2.05, 4.69) is 21.7 Å². The van der Waals surface area contributed by atoms with Crippen LogP contribution in [0.5, 0.6) is 0 Å². The van der Waals surface area contributed by atoms with Crippen molar-refractivity contribution in [2.75, 3.05) is 5.32 Å². The van der Waals surface area contributed by atoms with Gasteiger partial charge in [-0.15, -0.1) is 11.3 Å². The molecule has 1 unspecified atom stereocenters. The van der Waals surface area contributed by atoms with E-state index in [1.54, 1.807) is 6.07 Å². The van der Waals surface area contributed by atoms with Crippen LogP contribution in [0.25, 0.3) is 0 Å². The molecule has 0 spiro atoms. The summed E-state index contributed by atoms with van der Waals surface area (Å²) in [6.07, 6.45) is 3.40. The number of nitrogens with zero attached hydrogens (tertiary/aromatic N) is 1. The predicted molar refractivity (Wildman–Crippen MR) is 82.9 cm³/mol. The number of anilines is 1. The number of aryl methyl sites for hydroxylation is 1. The van der Waals surface area contributed by atoms with E-state index in [1.807, 2.05) is 11.3 Å². The van der Waals surface area contributed by atoms with Crippen LogP contribution < -0.4 is 5.32 Å². The average molecular weight is 334 g/mol. The van der Waals surface area contributed by atoms with Crippen LogP contribution in [0, 0.1) is 0 Å². The van der Waals surface area contributed by atoms with Crippen molar-refractivity contribution in [3.05, 3.63) is 43.2 Å². The highest BCUT2D eigenvalue weighted by molar-refractivity contribution is 7.10. The number of hydrogen-bond acceptors (Lipinski definition) is 3. The second kappa shape index (κ2) is 5.49. The summed E-state index contributed by atoms with van der Waals surface area (Å²) in [4.78, 5) is 5.66. The Balaban J connectivity index is 1.89. The molecule has 2 aromatic rings. The number of pyridine rings is 1. The maximum atomic E-state index is 6.16. The van der Waals surface area contributed by atoms with Crippen molar-refractivity contribution in [1.82, 2.24) is 4.98 Å². The molecule has 0 amide bonds. The Morgan fingerprint density at radius 3 is 2.95 bits per heavy atom. The Bertz CT molecular complexity index is 612. The molecule has 6 heteroatoms. The molecule has 3 rings (SSSR count). The van der Waals surface area contributed by atoms with Gasteiger partial charge in [-0.05, 0) is 42.3 Å². The van der Waals surface area contributed by atoms with Crippen molar-refractivity contribution in [3.63, 3.8) is 0 Å². The first kappa shape index (κ1) is 13.5. The van der Waals surface area contributed by atoms with Crippen LogP contribution >= 0.6 is 46.1 Å². The summed E-state index contributed by atoms with van der Waals surface area (Å²) < 4.78 is 0. The fourth-order valence-electron chi connectivity index (χ4n) is 2.35. The van der Waals surface area contributed by atoms with E-state index < -0.39 is 0 Å². The molecule has 0 aromatic carbocycles. The maximum Gasteiger partial charge on any atom is 0.150 e. The summed E-state index contributed by atoms with van der Waals surface area (Å²) in [6.45, 7) is 0. The monoisotopic (exact) mass is 332 g/mol. The van der Waals surface area contributed by atoms with Gasteiger partial charge in [-0.25, -0.2) is 4.98 Å². The molecule has 2 heterocycles. The van der Waals surface area contributed by atoms with Gasteiger partial charge in [-0.3, -0.25) is 0 Å². The lowest BCUT2D eigenvalue weighted by Crippen LogP contribution is -2.16. The Morgan fingerprint density at radius 1 is 1.26 bits per heavy atom. The molecular weight excluding hydrogens is 323 g/mol. The van der Waals surface area contributed by atoms with Gasteiger partial charge in [0.05, 0.1) is 16.1 Å². The minimum atomic E-state index is 0.247. The molecule has 0 saturated carbocycles. The van der Waals surface area contributed by atoms with E-state index in [1.165, 1.54) is 16.9 Å². The Hall–Kier alpha value is -0.480. The van der Waals surface area contributed by atoms with Gasteiger partial charge in [0, 0.05) is 4.88 Å². The van der Waals surface area contributed by atoms with E-state index in [-0.39, 0.29) is 11.2 Å². The molecule has 1 N–H and O–H groups in total. The van der Waals surface area contributed by atoms with Crippen LogP contribution in [0.2, 0.25) is 15.2 Å². The van der Waals surface area contributed by atoms with Crippen molar-refractivity contribution >= 4 is 52.0 Å². The minimum Gasteiger partial charge on any atom is -0.362 e. The number of hydrogen-bond donors (Lipinski definition) is 1. The van der Waals surface area contributed by atoms with Crippen molar-refractivity contribution < 1.29 is 0 Å². The third-order valence-corrected chi connectivity index (χ3v) is 5.21. The SMILES string of the molecule is Clc1cc(Cl)c(NC2CCCc3sccc32)nc1Cl. The summed E-state index contributed by atoms with van der Waals surface area (Å²) in [5.74, 6) is 0.597. The fourth-order valence-corrected chi connectivity index (χ4v) is 3.89. The molecule has 0 bridgehead atoms. The summed E-state index contributed by atoms with van der Waals surface area (Å²) in [5, 5.41) is 6.66. The molecule has 2 nitrogen and oxygen atoms in total. The van der Waals surface area contributed by atoms with Gasteiger partial charge >= 0.3 is 0 Å². The predicted octanol–water partition coefficient (Wildman–Crippen LogP) is 5.59. The largest absolute Gasteiger partial charge is 0.362 e. The highest BCUT2D eigenvalue weighted by Gasteiger charge is 2.22. The number of fused-ring (bicyclic) bond motifs is 1. The third kappa shape index (κ3) is 2.70. The zero-order valence-corrected chi connectivity index (χ0v) is 13.0. The van der Waals surface area contributed by atoms with E-state index in [9.17, 15) is 0 Å². The molecule has 1 atom stereocenters. The molecule has 0 aliphatic heterocycles. The Kier molecular flexibility index (Phi) is 3.90. The number of halogens is 3. The quantitative estimate of drug-likeness (QED) is 0.724. The number of thiophene rings is 1. The smallest absolute Gasteiger partial charge is 0.150 e. The summed E-state index contributed by atoms with van der Waals surface area (Å²) in [6, 6.07) is 4.04. The van der Waals surface area contributed by atoms with Crippen LogP contribution in [0.1, 0.15) is 29.3 Å². The molecule has 1 aliphatic rings. The lowest BCUT2D eigenvalue weighted by molar-refractivity contribution is 0.607. The number of aromatic nitrogens is 1. The molecule has 0 fully saturated rings. The zero-order valence-electron chi connectivity index (χ0n) is 9.92. The van der Waals surface area contributed by atoms with Gasteiger partial charge in [0.15, 0.2) is 0 Å². The van der Waals surface area contributed by atoms with Crippen LogP contribution in [0.4, 0.5) is 5.82 Å². The van der Waals surface area contributed by atoms with Gasteiger partial charge in [0.2, 0.25) is 0 Å². The molecule has 2 aromatic heterocycles. The average Bonchev–Trinajstić information content (AvgIpc) is 2.85. The van der Waals surface area contributed by atoms with Crippen molar-refractivity contribution in [2.24, 2.45) is 0 Å². The minimum absolute atomic E-state index is 0.247. The van der Waals surface area contributed by atoms with Crippen LogP contribution in [-0.2, 0) is 6.42 Å². The lowest BCUT2D eigenvalue weighted by atomic mass is 9.94. The highest BCUT2D eigenvalue weighted by Crippen LogP contribution is 2.37. The molecule has 100 valence electrons. The second-order valence-electron chi connectivity index (χ2n) is 4.48. The first-order valence-corrected chi connectivity index (χ1v) is 8.01. The van der Waals surface area contributed by atoms with E-state index >= 15 is 0 Å². The standard InChI is InChI=1S/C13H11Cl3N2S/c14-8-6-9(15)13(18-12(8)16)17-10-2-1-3-11-7(10)4-5-19-11/h4-6,10H,1-3H2,(H,17,18). The van der Waals surface area contributed by atoms with E-state index in [4.69, 9.17) is 34.8 Å². The van der Waals surface area contributed by atoms with Gasteiger partial charge in [0.25, 0.3) is 0 Å². The topological polar surface area (TPSA) is 24.9 Å². The van der Waals surface area contributed by atoms with Gasteiger partial charge in [-0.1, -0.05) is 34.8 Å². The zero-order chi connectivity index (χ0) is 13.4. The number of rotatable bonds is 2. The van der Waals surface area contributed by atoms with Crippen molar-refractivity contribution in [2.45, 2.75) is 25.3 Å².